The number of ketones is 1. The zero-order valence-electron chi connectivity index (χ0n) is 15.8. The molecule has 3 rings (SSSR count). The van der Waals surface area contributed by atoms with Gasteiger partial charge in [0.25, 0.3) is 0 Å². The Balaban J connectivity index is 2.20. The van der Waals surface area contributed by atoms with E-state index in [-0.39, 0.29) is 22.8 Å². The first kappa shape index (κ1) is 17.6. The summed E-state index contributed by atoms with van der Waals surface area (Å²) in [6.07, 6.45) is 2.05. The molecule has 2 aromatic rings. The molecule has 1 aliphatic rings. The number of hydrogen-bond donors (Lipinski definition) is 1. The highest BCUT2D eigenvalue weighted by Crippen LogP contribution is 2.41. The zero-order chi connectivity index (χ0) is 18.2. The molecule has 0 saturated carbocycles. The average molecular weight is 333 g/mol. The summed E-state index contributed by atoms with van der Waals surface area (Å²) >= 11 is 0. The van der Waals surface area contributed by atoms with Crippen LogP contribution in [0, 0.1) is 0 Å². The van der Waals surface area contributed by atoms with Crippen LogP contribution in [0.2, 0.25) is 0 Å². The summed E-state index contributed by atoms with van der Waals surface area (Å²) in [5.74, 6) is 0.125. The molecule has 1 aliphatic carbocycles. The van der Waals surface area contributed by atoms with Crippen molar-refractivity contribution in [3.05, 3.63) is 76.9 Å². The van der Waals surface area contributed by atoms with Crippen LogP contribution >= 0.6 is 0 Å². The van der Waals surface area contributed by atoms with Gasteiger partial charge in [0.1, 0.15) is 0 Å². The van der Waals surface area contributed by atoms with Crippen LogP contribution in [0.25, 0.3) is 6.08 Å². The minimum Gasteiger partial charge on any atom is -0.304 e. The van der Waals surface area contributed by atoms with Crippen LogP contribution in [0.3, 0.4) is 0 Å². The molecule has 0 heterocycles. The van der Waals surface area contributed by atoms with E-state index in [9.17, 15) is 4.79 Å². The molecule has 0 radical (unpaired) electrons. The number of fused-ring (bicyclic) bond motifs is 1. The predicted molar refractivity (Wildman–Crippen MR) is 105 cm³/mol. The molecule has 1 atom stereocenters. The third kappa shape index (κ3) is 3.45. The van der Waals surface area contributed by atoms with Crippen molar-refractivity contribution in [2.75, 3.05) is 0 Å². The quantitative estimate of drug-likeness (QED) is 0.784. The Morgan fingerprint density at radius 2 is 1.56 bits per heavy atom. The van der Waals surface area contributed by atoms with Gasteiger partial charge in [-0.1, -0.05) is 68.4 Å². The Labute approximate surface area is 151 Å². The highest BCUT2D eigenvalue weighted by atomic mass is 16.1. The van der Waals surface area contributed by atoms with E-state index in [1.807, 2.05) is 54.6 Å². The van der Waals surface area contributed by atoms with Crippen molar-refractivity contribution < 1.29 is 4.79 Å². The predicted octanol–water partition coefficient (Wildman–Crippen LogP) is 5.00. The minimum absolute atomic E-state index is 0.0462. The van der Waals surface area contributed by atoms with Crippen LogP contribution in [0.5, 0.6) is 0 Å². The molecule has 2 nitrogen and oxygen atoms in total. The lowest BCUT2D eigenvalue weighted by Crippen LogP contribution is -2.56. The molecule has 0 aliphatic heterocycles. The second-order valence-corrected chi connectivity index (χ2v) is 8.43. The Morgan fingerprint density at radius 1 is 0.960 bits per heavy atom. The summed E-state index contributed by atoms with van der Waals surface area (Å²) < 4.78 is 0. The Hall–Kier alpha value is -2.19. The first-order valence-electron chi connectivity index (χ1n) is 8.89. The summed E-state index contributed by atoms with van der Waals surface area (Å²) in [7, 11) is 0. The molecule has 0 fully saturated rings. The third-order valence-electron chi connectivity index (χ3n) is 4.86. The van der Waals surface area contributed by atoms with Gasteiger partial charge in [-0.2, -0.15) is 0 Å². The van der Waals surface area contributed by atoms with Crippen molar-refractivity contribution in [3.63, 3.8) is 0 Å². The van der Waals surface area contributed by atoms with E-state index >= 15 is 0 Å². The highest BCUT2D eigenvalue weighted by molar-refractivity contribution is 6.14. The van der Waals surface area contributed by atoms with E-state index in [1.165, 1.54) is 0 Å². The standard InChI is InChI=1S/C23H27NO/c1-22(2,3)24-21-18(15-16-11-7-6-8-12-16)20(25)17-13-9-10-14-19(17)23(21,4)5/h6-15,21,24H,1-5H3. The lowest BCUT2D eigenvalue weighted by atomic mass is 9.66. The van der Waals surface area contributed by atoms with Crippen LogP contribution in [0.1, 0.15) is 56.1 Å². The number of rotatable bonds is 2. The van der Waals surface area contributed by atoms with Crippen molar-refractivity contribution in [1.82, 2.24) is 5.32 Å². The minimum atomic E-state index is -0.182. The molecule has 0 spiro atoms. The first-order valence-corrected chi connectivity index (χ1v) is 8.89. The number of hydrogen-bond acceptors (Lipinski definition) is 2. The molecular weight excluding hydrogens is 306 g/mol. The maximum atomic E-state index is 13.3. The number of benzene rings is 2. The van der Waals surface area contributed by atoms with Crippen molar-refractivity contribution in [2.45, 2.75) is 51.6 Å². The van der Waals surface area contributed by atoms with E-state index in [4.69, 9.17) is 0 Å². The van der Waals surface area contributed by atoms with Gasteiger partial charge in [-0.3, -0.25) is 4.79 Å². The van der Waals surface area contributed by atoms with Gasteiger partial charge in [-0.15, -0.1) is 0 Å². The van der Waals surface area contributed by atoms with E-state index in [0.29, 0.717) is 0 Å². The molecule has 1 N–H and O–H groups in total. The van der Waals surface area contributed by atoms with Crippen LogP contribution in [0.15, 0.2) is 60.2 Å². The Morgan fingerprint density at radius 3 is 2.20 bits per heavy atom. The Bertz CT molecular complexity index is 809. The van der Waals surface area contributed by atoms with E-state index in [1.54, 1.807) is 0 Å². The van der Waals surface area contributed by atoms with Gasteiger partial charge in [-0.25, -0.2) is 0 Å². The van der Waals surface area contributed by atoms with Gasteiger partial charge < -0.3 is 5.32 Å². The molecule has 2 heteroatoms. The van der Waals surface area contributed by atoms with E-state index < -0.39 is 0 Å². The van der Waals surface area contributed by atoms with E-state index in [0.717, 1.165) is 22.3 Å². The van der Waals surface area contributed by atoms with Crippen molar-refractivity contribution in [1.29, 1.82) is 0 Å². The van der Waals surface area contributed by atoms with E-state index in [2.05, 4.69) is 46.0 Å². The number of Topliss-reactive ketones (excluding diaryl/α,β-unsaturated/α-hetero) is 1. The van der Waals surface area contributed by atoms with Crippen molar-refractivity contribution >= 4 is 11.9 Å². The van der Waals surface area contributed by atoms with Gasteiger partial charge in [0, 0.05) is 28.1 Å². The summed E-state index contributed by atoms with van der Waals surface area (Å²) in [5, 5.41) is 3.70. The summed E-state index contributed by atoms with van der Waals surface area (Å²) in [6.45, 7) is 10.9. The second-order valence-electron chi connectivity index (χ2n) is 8.43. The summed E-state index contributed by atoms with van der Waals surface area (Å²) in [6, 6.07) is 18.1. The van der Waals surface area contributed by atoms with Gasteiger partial charge in [-0.05, 0) is 38.0 Å². The van der Waals surface area contributed by atoms with Crippen LogP contribution in [-0.4, -0.2) is 17.4 Å². The molecule has 1 unspecified atom stereocenters. The molecule has 130 valence electrons. The molecule has 0 aromatic heterocycles. The average Bonchev–Trinajstić information content (AvgIpc) is 2.56. The maximum Gasteiger partial charge on any atom is 0.190 e. The maximum absolute atomic E-state index is 13.3. The van der Waals surface area contributed by atoms with Crippen molar-refractivity contribution in [2.24, 2.45) is 0 Å². The van der Waals surface area contributed by atoms with Gasteiger partial charge in [0.15, 0.2) is 5.78 Å². The monoisotopic (exact) mass is 333 g/mol. The highest BCUT2D eigenvalue weighted by Gasteiger charge is 2.44. The van der Waals surface area contributed by atoms with Gasteiger partial charge in [0.05, 0.1) is 0 Å². The lowest BCUT2D eigenvalue weighted by molar-refractivity contribution is 0.0996. The Kier molecular flexibility index (Phi) is 4.42. The normalized spacial score (nSPS) is 21.2. The second kappa shape index (κ2) is 6.27. The third-order valence-corrected chi connectivity index (χ3v) is 4.86. The van der Waals surface area contributed by atoms with Gasteiger partial charge in [0.2, 0.25) is 0 Å². The SMILES string of the molecule is CC(C)(C)NC1C(=Cc2ccccc2)C(=O)c2ccccc2C1(C)C. The smallest absolute Gasteiger partial charge is 0.190 e. The fourth-order valence-corrected chi connectivity index (χ4v) is 3.64. The van der Waals surface area contributed by atoms with Crippen LogP contribution in [0.4, 0.5) is 0 Å². The fraction of sp³-hybridized carbons (Fsp3) is 0.348. The first-order chi connectivity index (χ1) is 11.7. The number of carbonyl (C=O) groups is 1. The van der Waals surface area contributed by atoms with Crippen LogP contribution < -0.4 is 5.32 Å². The summed E-state index contributed by atoms with van der Waals surface area (Å²) in [5.41, 5.74) is 3.56. The molecule has 0 bridgehead atoms. The van der Waals surface area contributed by atoms with Crippen LogP contribution in [-0.2, 0) is 5.41 Å². The lowest BCUT2D eigenvalue weighted by Gasteiger charge is -2.44. The molecule has 0 amide bonds. The largest absolute Gasteiger partial charge is 0.304 e. The molecule has 25 heavy (non-hydrogen) atoms. The number of nitrogens with one attached hydrogen (secondary N) is 1. The van der Waals surface area contributed by atoms with Crippen molar-refractivity contribution in [3.8, 4) is 0 Å². The summed E-state index contributed by atoms with van der Waals surface area (Å²) in [4.78, 5) is 13.3. The molecule has 0 saturated heterocycles. The van der Waals surface area contributed by atoms with Gasteiger partial charge >= 0.3 is 0 Å². The molecular formula is C23H27NO. The zero-order valence-corrected chi connectivity index (χ0v) is 15.8. The fourth-order valence-electron chi connectivity index (χ4n) is 3.64. The number of carbonyl (C=O) groups excluding carboxylic acids is 1. The topological polar surface area (TPSA) is 29.1 Å². The molecule has 2 aromatic carbocycles.